The molecule has 170 valence electrons. The summed E-state index contributed by atoms with van der Waals surface area (Å²) in [5.74, 6) is 0.927. The number of benzene rings is 1. The van der Waals surface area contributed by atoms with Crippen molar-refractivity contribution in [2.45, 2.75) is 39.2 Å². The van der Waals surface area contributed by atoms with Gasteiger partial charge in [-0.3, -0.25) is 4.79 Å². The van der Waals surface area contributed by atoms with Crippen LogP contribution in [0.4, 0.5) is 11.5 Å². The van der Waals surface area contributed by atoms with Crippen molar-refractivity contribution in [2.75, 3.05) is 36.0 Å². The predicted octanol–water partition coefficient (Wildman–Crippen LogP) is 5.20. The van der Waals surface area contributed by atoms with Crippen LogP contribution in [0.5, 0.6) is 0 Å². The lowest BCUT2D eigenvalue weighted by molar-refractivity contribution is 0.0607. The van der Waals surface area contributed by atoms with E-state index in [1.807, 2.05) is 48.0 Å². The molecule has 1 amide bonds. The number of hydrogen-bond donors (Lipinski definition) is 1. The van der Waals surface area contributed by atoms with Crippen LogP contribution in [-0.4, -0.2) is 51.8 Å². The third-order valence-electron chi connectivity index (χ3n) is 5.99. The molecule has 0 bridgehead atoms. The Hall–Kier alpha value is -2.45. The number of aromatic nitrogens is 3. The van der Waals surface area contributed by atoms with E-state index < -0.39 is 0 Å². The van der Waals surface area contributed by atoms with Gasteiger partial charge >= 0.3 is 0 Å². The van der Waals surface area contributed by atoms with Crippen LogP contribution in [0.3, 0.4) is 0 Å². The highest BCUT2D eigenvalue weighted by molar-refractivity contribution is 7.99. The van der Waals surface area contributed by atoms with Crippen molar-refractivity contribution in [2.24, 2.45) is 0 Å². The van der Waals surface area contributed by atoms with Gasteiger partial charge < -0.3 is 14.5 Å². The Morgan fingerprint density at radius 3 is 2.91 bits per heavy atom. The molecule has 9 heteroatoms. The van der Waals surface area contributed by atoms with Crippen molar-refractivity contribution < 1.29 is 4.79 Å². The molecule has 1 aliphatic rings. The summed E-state index contributed by atoms with van der Waals surface area (Å²) in [6.45, 7) is 5.72. The number of piperidine rings is 1. The fourth-order valence-corrected chi connectivity index (χ4v) is 4.82. The molecule has 3 heterocycles. The zero-order valence-electron chi connectivity index (χ0n) is 18.9. The van der Waals surface area contributed by atoms with Gasteiger partial charge in [-0.2, -0.15) is 5.10 Å². The van der Waals surface area contributed by atoms with Gasteiger partial charge in [-0.05, 0) is 51.3 Å². The fourth-order valence-electron chi connectivity index (χ4n) is 4.25. The van der Waals surface area contributed by atoms with Crippen LogP contribution < -0.4 is 9.62 Å². The fraction of sp³-hybridized carbons (Fsp3) is 0.435. The molecule has 32 heavy (non-hydrogen) atoms. The van der Waals surface area contributed by atoms with Gasteiger partial charge in [0.1, 0.15) is 5.82 Å². The molecule has 3 aromatic rings. The number of fused-ring (bicyclic) bond motifs is 1. The maximum atomic E-state index is 13.6. The van der Waals surface area contributed by atoms with Crippen molar-refractivity contribution in [3.05, 3.63) is 52.3 Å². The predicted molar refractivity (Wildman–Crippen MR) is 133 cm³/mol. The second-order valence-corrected chi connectivity index (χ2v) is 9.19. The zero-order chi connectivity index (χ0) is 22.8. The van der Waals surface area contributed by atoms with Crippen molar-refractivity contribution in [1.29, 1.82) is 0 Å². The minimum absolute atomic E-state index is 0.0265. The number of carbonyl (C=O) groups is 1. The summed E-state index contributed by atoms with van der Waals surface area (Å²) >= 11 is 7.69. The summed E-state index contributed by atoms with van der Waals surface area (Å²) in [6.07, 6.45) is 6.86. The molecule has 1 unspecified atom stereocenters. The van der Waals surface area contributed by atoms with Gasteiger partial charge in [0.15, 0.2) is 5.65 Å². The molecule has 0 spiro atoms. The van der Waals surface area contributed by atoms with Gasteiger partial charge in [0.05, 0.1) is 23.0 Å². The zero-order valence-corrected chi connectivity index (χ0v) is 20.5. The maximum Gasteiger partial charge on any atom is 0.256 e. The normalized spacial score (nSPS) is 16.4. The molecular formula is C23H29ClN6OS. The molecule has 1 fully saturated rings. The van der Waals surface area contributed by atoms with Crippen LogP contribution in [0, 0.1) is 6.92 Å². The van der Waals surface area contributed by atoms with E-state index in [2.05, 4.69) is 16.5 Å². The Morgan fingerprint density at radius 1 is 1.34 bits per heavy atom. The summed E-state index contributed by atoms with van der Waals surface area (Å²) in [5, 5.41) is 5.37. The maximum absolute atomic E-state index is 13.6. The van der Waals surface area contributed by atoms with Crippen LogP contribution in [-0.2, 0) is 0 Å². The Balaban J connectivity index is 1.70. The van der Waals surface area contributed by atoms with Crippen molar-refractivity contribution in [3.8, 4) is 0 Å². The highest BCUT2D eigenvalue weighted by Crippen LogP contribution is 2.34. The first kappa shape index (κ1) is 22.7. The number of carbonyl (C=O) groups excluding carboxylic acids is 1. The molecule has 1 N–H and O–H groups in total. The largest absolute Gasteiger partial charge is 0.360 e. The Labute approximate surface area is 198 Å². The Morgan fingerprint density at radius 2 is 2.16 bits per heavy atom. The van der Waals surface area contributed by atoms with Gasteiger partial charge in [0.2, 0.25) is 0 Å². The third kappa shape index (κ3) is 4.38. The molecule has 0 aliphatic carbocycles. The third-order valence-corrected chi connectivity index (χ3v) is 6.65. The average molecular weight is 473 g/mol. The molecule has 1 atom stereocenters. The first-order valence-corrected chi connectivity index (χ1v) is 12.5. The monoisotopic (exact) mass is 472 g/mol. The quantitative estimate of drug-likeness (QED) is 0.497. The summed E-state index contributed by atoms with van der Waals surface area (Å²) < 4.78 is 5.03. The lowest BCUT2D eigenvalue weighted by Crippen LogP contribution is -2.39. The van der Waals surface area contributed by atoms with Crippen LogP contribution in [0.1, 0.15) is 53.8 Å². The average Bonchev–Trinajstić information content (AvgIpc) is 3.21. The topological polar surface area (TPSA) is 65.8 Å². The number of nitrogens with one attached hydrogen (secondary N) is 1. The van der Waals surface area contributed by atoms with Crippen LogP contribution >= 0.6 is 23.5 Å². The number of rotatable bonds is 6. The summed E-state index contributed by atoms with van der Waals surface area (Å²) in [6, 6.07) is 7.32. The molecule has 1 saturated heterocycles. The van der Waals surface area contributed by atoms with E-state index >= 15 is 0 Å². The summed E-state index contributed by atoms with van der Waals surface area (Å²) in [5.41, 5.74) is 4.10. The first-order chi connectivity index (χ1) is 15.4. The molecule has 1 aromatic carbocycles. The van der Waals surface area contributed by atoms with Gasteiger partial charge in [0.25, 0.3) is 5.91 Å². The van der Waals surface area contributed by atoms with Crippen LogP contribution in [0.25, 0.3) is 5.65 Å². The summed E-state index contributed by atoms with van der Waals surface area (Å²) in [7, 11) is 2.04. The van der Waals surface area contributed by atoms with E-state index in [0.717, 1.165) is 54.2 Å². The lowest BCUT2D eigenvalue weighted by Gasteiger charge is -2.35. The SMILES string of the molecule is CCN(C)c1nc2cc(C3CCCCN3C(=O)c3cc(Cl)ccc3NSC)nn2cc1C. The molecular weight excluding hydrogens is 444 g/mol. The Kier molecular flexibility index (Phi) is 6.81. The van der Waals surface area contributed by atoms with E-state index in [9.17, 15) is 4.79 Å². The highest BCUT2D eigenvalue weighted by Gasteiger charge is 2.32. The number of anilines is 2. The van der Waals surface area contributed by atoms with Crippen LogP contribution in [0.2, 0.25) is 5.02 Å². The van der Waals surface area contributed by atoms with Gasteiger partial charge in [0, 0.05) is 49.2 Å². The van der Waals surface area contributed by atoms with Gasteiger partial charge in [-0.1, -0.05) is 23.5 Å². The van der Waals surface area contributed by atoms with E-state index in [-0.39, 0.29) is 11.9 Å². The molecule has 7 nitrogen and oxygen atoms in total. The molecule has 0 saturated carbocycles. The number of likely N-dealkylation sites (tertiary alicyclic amines) is 1. The number of amides is 1. The van der Waals surface area contributed by atoms with Gasteiger partial charge in [-0.15, -0.1) is 0 Å². The standard InChI is InChI=1S/C23H29ClN6OS/c1-5-28(3)22-15(2)14-30-21(25-22)13-19(26-30)20-8-6-7-11-29(20)23(31)17-12-16(24)9-10-18(17)27-32-4/h9-10,12-14,20,27H,5-8,11H2,1-4H3. The summed E-state index contributed by atoms with van der Waals surface area (Å²) in [4.78, 5) is 22.5. The lowest BCUT2D eigenvalue weighted by atomic mass is 9.98. The number of aryl methyl sites for hydroxylation is 1. The van der Waals surface area contributed by atoms with E-state index in [4.69, 9.17) is 21.7 Å². The van der Waals surface area contributed by atoms with Crippen LogP contribution in [0.15, 0.2) is 30.5 Å². The minimum Gasteiger partial charge on any atom is -0.360 e. The second kappa shape index (κ2) is 9.58. The molecule has 0 radical (unpaired) electrons. The molecule has 4 rings (SSSR count). The van der Waals surface area contributed by atoms with Crippen molar-refractivity contribution in [3.63, 3.8) is 0 Å². The first-order valence-electron chi connectivity index (χ1n) is 10.9. The van der Waals surface area contributed by atoms with Gasteiger partial charge in [-0.25, -0.2) is 9.50 Å². The minimum atomic E-state index is -0.0910. The van der Waals surface area contributed by atoms with E-state index in [0.29, 0.717) is 17.1 Å². The van der Waals surface area contributed by atoms with E-state index in [1.54, 1.807) is 12.1 Å². The smallest absolute Gasteiger partial charge is 0.256 e. The molecule has 1 aliphatic heterocycles. The number of halogens is 1. The van der Waals surface area contributed by atoms with Crippen molar-refractivity contribution in [1.82, 2.24) is 19.5 Å². The second-order valence-electron chi connectivity index (χ2n) is 8.14. The number of hydrogen-bond acceptors (Lipinski definition) is 6. The highest BCUT2D eigenvalue weighted by atomic mass is 35.5. The van der Waals surface area contributed by atoms with E-state index in [1.165, 1.54) is 11.9 Å². The Bertz CT molecular complexity index is 1130. The number of nitrogens with zero attached hydrogens (tertiary/aromatic N) is 5. The molecule has 2 aromatic heterocycles. The van der Waals surface area contributed by atoms with Crippen molar-refractivity contribution >= 4 is 46.6 Å².